The molecule has 1 aromatic rings. The monoisotopic (exact) mass is 297 g/mol. The van der Waals surface area contributed by atoms with Gasteiger partial charge in [0.05, 0.1) is 12.1 Å². The molecule has 0 heterocycles. The van der Waals surface area contributed by atoms with Crippen molar-refractivity contribution in [2.75, 3.05) is 7.11 Å². The molecule has 4 nitrogen and oxygen atoms in total. The molecule has 0 spiro atoms. The highest BCUT2D eigenvalue weighted by Crippen LogP contribution is 2.36. The second-order valence-corrected chi connectivity index (χ2v) is 6.11. The molecule has 0 aliphatic rings. The van der Waals surface area contributed by atoms with Crippen LogP contribution in [0.25, 0.3) is 0 Å². The van der Waals surface area contributed by atoms with Gasteiger partial charge >= 0.3 is 0 Å². The van der Waals surface area contributed by atoms with E-state index >= 15 is 0 Å². The zero-order valence-electron chi connectivity index (χ0n) is 9.62. The molecule has 17 heavy (non-hydrogen) atoms. The predicted octanol–water partition coefficient (Wildman–Crippen LogP) is 2.69. The van der Waals surface area contributed by atoms with E-state index in [1.165, 1.54) is 19.2 Å². The van der Waals surface area contributed by atoms with E-state index in [9.17, 15) is 8.42 Å². The topological polar surface area (TPSA) is 55.4 Å². The standard InChI is InChI=1S/C10H13Cl2NO3S/c1-6(2)13-17(14,15)8-5-4-7(16-3)9(11)10(8)12/h4-6,13H,1-3H3. The number of methoxy groups -OCH3 is 1. The summed E-state index contributed by atoms with van der Waals surface area (Å²) in [5.74, 6) is 0.333. The van der Waals surface area contributed by atoms with Gasteiger partial charge in [-0.3, -0.25) is 0 Å². The Morgan fingerprint density at radius 3 is 2.29 bits per heavy atom. The van der Waals surface area contributed by atoms with Crippen LogP contribution >= 0.6 is 23.2 Å². The van der Waals surface area contributed by atoms with E-state index in [-0.39, 0.29) is 21.0 Å². The smallest absolute Gasteiger partial charge is 0.242 e. The van der Waals surface area contributed by atoms with Crippen molar-refractivity contribution in [1.29, 1.82) is 0 Å². The Bertz CT molecular complexity index is 515. The highest BCUT2D eigenvalue weighted by Gasteiger charge is 2.22. The lowest BCUT2D eigenvalue weighted by Crippen LogP contribution is -2.30. The summed E-state index contributed by atoms with van der Waals surface area (Å²) in [6.45, 7) is 3.44. The van der Waals surface area contributed by atoms with Crippen LogP contribution in [0.1, 0.15) is 13.8 Å². The van der Waals surface area contributed by atoms with Gasteiger partial charge in [0.25, 0.3) is 0 Å². The van der Waals surface area contributed by atoms with Gasteiger partial charge in [0, 0.05) is 6.04 Å². The maximum absolute atomic E-state index is 11.9. The summed E-state index contributed by atoms with van der Waals surface area (Å²) < 4.78 is 31.2. The van der Waals surface area contributed by atoms with Crippen LogP contribution in [0.2, 0.25) is 10.0 Å². The summed E-state index contributed by atoms with van der Waals surface area (Å²) in [6.07, 6.45) is 0. The Labute approximate surface area is 111 Å². The highest BCUT2D eigenvalue weighted by molar-refractivity contribution is 7.89. The number of rotatable bonds is 4. The average molecular weight is 298 g/mol. The van der Waals surface area contributed by atoms with Crippen LogP contribution in [-0.4, -0.2) is 21.6 Å². The van der Waals surface area contributed by atoms with Gasteiger partial charge in [-0.1, -0.05) is 23.2 Å². The summed E-state index contributed by atoms with van der Waals surface area (Å²) in [5, 5.41) is 0.0416. The fourth-order valence-electron chi connectivity index (χ4n) is 1.25. The van der Waals surface area contributed by atoms with E-state index in [0.29, 0.717) is 5.75 Å². The molecular weight excluding hydrogens is 285 g/mol. The van der Waals surface area contributed by atoms with Gasteiger partial charge in [-0.2, -0.15) is 0 Å². The first-order chi connectivity index (χ1) is 7.79. The molecule has 0 amide bonds. The molecule has 0 saturated carbocycles. The Morgan fingerprint density at radius 2 is 1.82 bits per heavy atom. The molecule has 96 valence electrons. The first-order valence-corrected chi connectivity index (χ1v) is 7.08. The van der Waals surface area contributed by atoms with E-state index in [1.54, 1.807) is 13.8 Å². The van der Waals surface area contributed by atoms with Crippen LogP contribution in [0.15, 0.2) is 17.0 Å². The molecule has 1 N–H and O–H groups in total. The molecule has 1 aromatic carbocycles. The van der Waals surface area contributed by atoms with Crippen molar-refractivity contribution < 1.29 is 13.2 Å². The summed E-state index contributed by atoms with van der Waals surface area (Å²) in [4.78, 5) is -0.0568. The minimum Gasteiger partial charge on any atom is -0.495 e. The second-order valence-electron chi connectivity index (χ2n) is 3.67. The largest absolute Gasteiger partial charge is 0.495 e. The molecule has 0 fully saturated rings. The summed E-state index contributed by atoms with van der Waals surface area (Å²) in [7, 11) is -2.23. The van der Waals surface area contributed by atoms with Crippen molar-refractivity contribution in [3.05, 3.63) is 22.2 Å². The lowest BCUT2D eigenvalue weighted by Gasteiger charge is -2.13. The Hall–Kier alpha value is -0.490. The number of benzene rings is 1. The van der Waals surface area contributed by atoms with Crippen LogP contribution in [-0.2, 0) is 10.0 Å². The maximum atomic E-state index is 11.9. The highest BCUT2D eigenvalue weighted by atomic mass is 35.5. The fraction of sp³-hybridized carbons (Fsp3) is 0.400. The van der Waals surface area contributed by atoms with Gasteiger partial charge in [0.15, 0.2) is 0 Å². The van der Waals surface area contributed by atoms with Gasteiger partial charge in [-0.05, 0) is 26.0 Å². The summed E-state index contributed by atoms with van der Waals surface area (Å²) in [6, 6.07) is 2.60. The second kappa shape index (κ2) is 5.44. The van der Waals surface area contributed by atoms with Gasteiger partial charge in [-0.25, -0.2) is 13.1 Å². The summed E-state index contributed by atoms with van der Waals surface area (Å²) in [5.41, 5.74) is 0. The van der Waals surface area contributed by atoms with Crippen LogP contribution in [0, 0.1) is 0 Å². The van der Waals surface area contributed by atoms with Gasteiger partial charge in [0.1, 0.15) is 15.7 Å². The van der Waals surface area contributed by atoms with E-state index in [4.69, 9.17) is 27.9 Å². The molecular formula is C10H13Cl2NO3S. The molecule has 0 radical (unpaired) electrons. The van der Waals surface area contributed by atoms with Crippen molar-refractivity contribution in [1.82, 2.24) is 4.72 Å². The number of ether oxygens (including phenoxy) is 1. The molecule has 1 rings (SSSR count). The molecule has 0 aromatic heterocycles. The normalized spacial score (nSPS) is 11.9. The number of hydrogen-bond donors (Lipinski definition) is 1. The van der Waals surface area contributed by atoms with Crippen molar-refractivity contribution >= 4 is 33.2 Å². The van der Waals surface area contributed by atoms with Crippen molar-refractivity contribution in [2.45, 2.75) is 24.8 Å². The van der Waals surface area contributed by atoms with Crippen LogP contribution in [0.3, 0.4) is 0 Å². The maximum Gasteiger partial charge on any atom is 0.242 e. The Morgan fingerprint density at radius 1 is 1.24 bits per heavy atom. The zero-order valence-corrected chi connectivity index (χ0v) is 11.9. The average Bonchev–Trinajstić information content (AvgIpc) is 2.19. The third-order valence-corrected chi connectivity index (χ3v) is 4.59. The molecule has 0 saturated heterocycles. The minimum atomic E-state index is -3.66. The van der Waals surface area contributed by atoms with E-state index in [2.05, 4.69) is 4.72 Å². The number of hydrogen-bond acceptors (Lipinski definition) is 3. The fourth-order valence-corrected chi connectivity index (χ4v) is 3.34. The summed E-state index contributed by atoms with van der Waals surface area (Å²) >= 11 is 11.8. The van der Waals surface area contributed by atoms with Gasteiger partial charge in [-0.15, -0.1) is 0 Å². The minimum absolute atomic E-state index is 0.0424. The lowest BCUT2D eigenvalue weighted by molar-refractivity contribution is 0.414. The van der Waals surface area contributed by atoms with Gasteiger partial charge in [0.2, 0.25) is 10.0 Å². The number of halogens is 2. The third-order valence-electron chi connectivity index (χ3n) is 1.91. The van der Waals surface area contributed by atoms with Crippen LogP contribution < -0.4 is 9.46 Å². The van der Waals surface area contributed by atoms with Crippen LogP contribution in [0.5, 0.6) is 5.75 Å². The van der Waals surface area contributed by atoms with Crippen molar-refractivity contribution in [2.24, 2.45) is 0 Å². The van der Waals surface area contributed by atoms with Crippen LogP contribution in [0.4, 0.5) is 0 Å². The first kappa shape index (κ1) is 14.6. The number of sulfonamides is 1. The van der Waals surface area contributed by atoms with E-state index < -0.39 is 10.0 Å². The SMILES string of the molecule is COc1ccc(S(=O)(=O)NC(C)C)c(Cl)c1Cl. The zero-order chi connectivity index (χ0) is 13.2. The predicted molar refractivity (Wildman–Crippen MR) is 68.5 cm³/mol. The molecule has 0 aliphatic heterocycles. The van der Waals surface area contributed by atoms with Crippen molar-refractivity contribution in [3.63, 3.8) is 0 Å². The Balaban J connectivity index is 3.30. The quantitative estimate of drug-likeness (QED) is 0.930. The van der Waals surface area contributed by atoms with Crippen molar-refractivity contribution in [3.8, 4) is 5.75 Å². The third kappa shape index (κ3) is 3.25. The molecule has 7 heteroatoms. The lowest BCUT2D eigenvalue weighted by atomic mass is 10.3. The molecule has 0 unspecified atom stereocenters. The molecule has 0 atom stereocenters. The van der Waals surface area contributed by atoms with E-state index in [1.807, 2.05) is 0 Å². The van der Waals surface area contributed by atoms with Gasteiger partial charge < -0.3 is 4.74 Å². The van der Waals surface area contributed by atoms with E-state index in [0.717, 1.165) is 0 Å². The number of nitrogens with one attached hydrogen (secondary N) is 1. The first-order valence-electron chi connectivity index (χ1n) is 4.84. The Kier molecular flexibility index (Phi) is 4.66. The molecule has 0 aliphatic carbocycles. The molecule has 0 bridgehead atoms.